The summed E-state index contributed by atoms with van der Waals surface area (Å²) in [5.41, 5.74) is 1.95. The fourth-order valence-electron chi connectivity index (χ4n) is 3.07. The zero-order valence-corrected chi connectivity index (χ0v) is 14.7. The van der Waals surface area contributed by atoms with Crippen LogP contribution in [0.3, 0.4) is 0 Å². The van der Waals surface area contributed by atoms with Crippen LogP contribution in [0.4, 0.5) is 5.69 Å². The number of thiophene rings is 1. The second-order valence-corrected chi connectivity index (χ2v) is 6.87. The molecule has 0 unspecified atom stereocenters. The van der Waals surface area contributed by atoms with Gasteiger partial charge in [-0.25, -0.2) is 5.06 Å². The lowest BCUT2D eigenvalue weighted by Gasteiger charge is -2.28. The maximum atomic E-state index is 12.7. The van der Waals surface area contributed by atoms with Crippen LogP contribution in [0.2, 0.25) is 0 Å². The largest absolute Gasteiger partial charge is 0.303 e. The van der Waals surface area contributed by atoms with E-state index >= 15 is 0 Å². The normalized spacial score (nSPS) is 20.5. The number of carbonyl (C=O) groups excluding carboxylic acids is 2. The van der Waals surface area contributed by atoms with Gasteiger partial charge >= 0.3 is 0 Å². The van der Waals surface area contributed by atoms with Gasteiger partial charge in [0, 0.05) is 24.0 Å². The Kier molecular flexibility index (Phi) is 4.69. The molecule has 5 nitrogen and oxygen atoms in total. The van der Waals surface area contributed by atoms with Gasteiger partial charge in [-0.15, -0.1) is 11.3 Å². The Morgan fingerprint density at radius 2 is 2.00 bits per heavy atom. The number of rotatable bonds is 4. The van der Waals surface area contributed by atoms with Crippen molar-refractivity contribution in [3.05, 3.63) is 52.2 Å². The molecule has 1 saturated heterocycles. The van der Waals surface area contributed by atoms with Crippen LogP contribution in [0, 0.1) is 12.8 Å². The zero-order chi connectivity index (χ0) is 17.3. The van der Waals surface area contributed by atoms with Crippen LogP contribution < -0.4 is 4.90 Å². The zero-order valence-electron chi connectivity index (χ0n) is 13.9. The summed E-state index contributed by atoms with van der Waals surface area (Å²) in [4.78, 5) is 33.2. The number of aryl methyl sites for hydroxylation is 1. The first kappa shape index (κ1) is 16.7. The molecule has 1 aromatic carbocycles. The Bertz CT molecular complexity index is 727. The van der Waals surface area contributed by atoms with Crippen LogP contribution in [-0.4, -0.2) is 31.0 Å². The highest BCUT2D eigenvalue weighted by Gasteiger charge is 2.46. The van der Waals surface area contributed by atoms with Crippen molar-refractivity contribution in [3.63, 3.8) is 0 Å². The lowest BCUT2D eigenvalue weighted by atomic mass is 9.97. The maximum Gasteiger partial charge on any atom is 0.251 e. The lowest BCUT2D eigenvalue weighted by molar-refractivity contribution is -0.173. The first-order valence-electron chi connectivity index (χ1n) is 7.76. The predicted octanol–water partition coefficient (Wildman–Crippen LogP) is 3.17. The number of anilines is 1. The molecular weight excluding hydrogens is 324 g/mol. The summed E-state index contributed by atoms with van der Waals surface area (Å²) in [6.07, 6.45) is 0.184. The number of nitrogens with zero attached hydrogens (tertiary/aromatic N) is 2. The molecule has 1 fully saturated rings. The van der Waals surface area contributed by atoms with Crippen molar-refractivity contribution in [2.75, 3.05) is 19.1 Å². The van der Waals surface area contributed by atoms with Gasteiger partial charge in [0.15, 0.2) is 0 Å². The third-order valence-electron chi connectivity index (χ3n) is 4.37. The Balaban J connectivity index is 2.02. The van der Waals surface area contributed by atoms with Crippen LogP contribution in [0.5, 0.6) is 0 Å². The molecule has 126 valence electrons. The summed E-state index contributed by atoms with van der Waals surface area (Å²) in [6.45, 7) is 2.01. The van der Waals surface area contributed by atoms with Crippen molar-refractivity contribution in [2.45, 2.75) is 19.4 Å². The Hall–Kier alpha value is -2.18. The molecule has 0 N–H and O–H groups in total. The minimum absolute atomic E-state index is 0.0416. The average molecular weight is 344 g/mol. The summed E-state index contributed by atoms with van der Waals surface area (Å²) in [5.74, 6) is -0.679. The van der Waals surface area contributed by atoms with E-state index in [-0.39, 0.29) is 24.3 Å². The van der Waals surface area contributed by atoms with Gasteiger partial charge < -0.3 is 4.90 Å². The lowest BCUT2D eigenvalue weighted by Crippen LogP contribution is -2.36. The third kappa shape index (κ3) is 2.95. The fourth-order valence-corrected chi connectivity index (χ4v) is 3.95. The first-order valence-corrected chi connectivity index (χ1v) is 8.64. The van der Waals surface area contributed by atoms with E-state index in [0.717, 1.165) is 16.1 Å². The van der Waals surface area contributed by atoms with Gasteiger partial charge in [0.1, 0.15) is 0 Å². The van der Waals surface area contributed by atoms with Gasteiger partial charge in [-0.2, -0.15) is 0 Å². The van der Waals surface area contributed by atoms with E-state index in [0.29, 0.717) is 0 Å². The number of carbonyl (C=O) groups is 2. The molecule has 0 aliphatic carbocycles. The number of amides is 2. The molecule has 2 atom stereocenters. The maximum absolute atomic E-state index is 12.7. The molecule has 6 heteroatoms. The van der Waals surface area contributed by atoms with Gasteiger partial charge in [-0.1, -0.05) is 23.8 Å². The van der Waals surface area contributed by atoms with E-state index in [4.69, 9.17) is 4.84 Å². The quantitative estimate of drug-likeness (QED) is 0.801. The van der Waals surface area contributed by atoms with Gasteiger partial charge in [0.2, 0.25) is 5.91 Å². The number of hydrogen-bond acceptors (Lipinski definition) is 4. The molecule has 2 amide bonds. The van der Waals surface area contributed by atoms with E-state index in [1.807, 2.05) is 48.7 Å². The van der Waals surface area contributed by atoms with Gasteiger partial charge in [-0.05, 0) is 30.5 Å². The summed E-state index contributed by atoms with van der Waals surface area (Å²) in [5, 5.41) is 3.17. The molecule has 0 spiro atoms. The molecule has 0 radical (unpaired) electrons. The number of hydrogen-bond donors (Lipinski definition) is 0. The van der Waals surface area contributed by atoms with Crippen molar-refractivity contribution in [1.82, 2.24) is 5.06 Å². The predicted molar refractivity (Wildman–Crippen MR) is 93.6 cm³/mol. The molecule has 24 heavy (non-hydrogen) atoms. The SMILES string of the molecule is CON(C)C(=O)[C@@H]1CC(=O)N(c2ccc(C)cc2)[C@H]1c1cccs1. The highest BCUT2D eigenvalue weighted by atomic mass is 32.1. The van der Waals surface area contributed by atoms with Crippen LogP contribution in [0.1, 0.15) is 22.9 Å². The third-order valence-corrected chi connectivity index (χ3v) is 5.31. The van der Waals surface area contributed by atoms with E-state index < -0.39 is 5.92 Å². The Labute approximate surface area is 145 Å². The second kappa shape index (κ2) is 6.75. The van der Waals surface area contributed by atoms with Crippen molar-refractivity contribution < 1.29 is 14.4 Å². The van der Waals surface area contributed by atoms with Gasteiger partial charge in [0.05, 0.1) is 19.1 Å². The first-order chi connectivity index (χ1) is 11.5. The Morgan fingerprint density at radius 1 is 1.29 bits per heavy atom. The fraction of sp³-hybridized carbons (Fsp3) is 0.333. The number of hydroxylamine groups is 2. The topological polar surface area (TPSA) is 49.9 Å². The smallest absolute Gasteiger partial charge is 0.251 e. The second-order valence-electron chi connectivity index (χ2n) is 5.89. The highest BCUT2D eigenvalue weighted by Crippen LogP contribution is 2.43. The van der Waals surface area contributed by atoms with E-state index in [9.17, 15) is 9.59 Å². The molecule has 0 bridgehead atoms. The molecule has 3 rings (SSSR count). The summed E-state index contributed by atoms with van der Waals surface area (Å²) in [7, 11) is 3.03. The van der Waals surface area contributed by atoms with Crippen LogP contribution >= 0.6 is 11.3 Å². The molecule has 0 saturated carbocycles. The summed E-state index contributed by atoms with van der Waals surface area (Å²) >= 11 is 1.56. The monoisotopic (exact) mass is 344 g/mol. The molecule has 1 aliphatic heterocycles. The van der Waals surface area contributed by atoms with E-state index in [2.05, 4.69) is 0 Å². The van der Waals surface area contributed by atoms with Crippen LogP contribution in [0.15, 0.2) is 41.8 Å². The van der Waals surface area contributed by atoms with Crippen molar-refractivity contribution in [3.8, 4) is 0 Å². The molecule has 1 aromatic heterocycles. The van der Waals surface area contributed by atoms with Gasteiger partial charge in [-0.3, -0.25) is 14.4 Å². The van der Waals surface area contributed by atoms with E-state index in [1.54, 1.807) is 23.3 Å². The van der Waals surface area contributed by atoms with Crippen molar-refractivity contribution in [1.29, 1.82) is 0 Å². The van der Waals surface area contributed by atoms with Crippen molar-refractivity contribution >= 4 is 28.8 Å². The van der Waals surface area contributed by atoms with E-state index in [1.165, 1.54) is 12.2 Å². The highest BCUT2D eigenvalue weighted by molar-refractivity contribution is 7.10. The van der Waals surface area contributed by atoms with Crippen LogP contribution in [-0.2, 0) is 14.4 Å². The summed E-state index contributed by atoms with van der Waals surface area (Å²) < 4.78 is 0. The van der Waals surface area contributed by atoms with Crippen molar-refractivity contribution in [2.24, 2.45) is 5.92 Å². The van der Waals surface area contributed by atoms with Gasteiger partial charge in [0.25, 0.3) is 5.91 Å². The van der Waals surface area contributed by atoms with Crippen LogP contribution in [0.25, 0.3) is 0 Å². The molecule has 2 heterocycles. The molecular formula is C18H20N2O3S. The molecule has 2 aromatic rings. The Morgan fingerprint density at radius 3 is 2.58 bits per heavy atom. The minimum Gasteiger partial charge on any atom is -0.303 e. The molecule has 1 aliphatic rings. The minimum atomic E-state index is -0.456. The summed E-state index contributed by atoms with van der Waals surface area (Å²) in [6, 6.07) is 11.4. The average Bonchev–Trinajstić information content (AvgIpc) is 3.21. The number of benzene rings is 1. The standard InChI is InChI=1S/C18H20N2O3S/c1-12-6-8-13(9-7-12)20-16(21)11-14(18(22)19(2)23-3)17(20)15-5-4-10-24-15/h4-10,14,17H,11H2,1-3H3/t14-,17-/m1/s1.